The van der Waals surface area contributed by atoms with Gasteiger partial charge in [0.2, 0.25) is 0 Å². The second-order valence-electron chi connectivity index (χ2n) is 8.29. The fourth-order valence-corrected chi connectivity index (χ4v) is 5.67. The number of aryl methyl sites for hydroxylation is 1. The van der Waals surface area contributed by atoms with Crippen LogP contribution in [0, 0.1) is 5.92 Å². The Hall–Kier alpha value is -1.13. The maximum atomic E-state index is 14.4. The Morgan fingerprint density at radius 3 is 3.03 bits per heavy atom. The van der Waals surface area contributed by atoms with Crippen molar-refractivity contribution >= 4 is 22.9 Å². The third kappa shape index (κ3) is 4.07. The van der Waals surface area contributed by atoms with Crippen molar-refractivity contribution in [3.05, 3.63) is 32.7 Å². The predicted molar refractivity (Wildman–Crippen MR) is 106 cm³/mol. The average Bonchev–Trinajstić information content (AvgIpc) is 3.31. The van der Waals surface area contributed by atoms with Crippen LogP contribution in [-0.4, -0.2) is 39.4 Å². The monoisotopic (exact) mass is 446 g/mol. The Balaban J connectivity index is 1.59. The summed E-state index contributed by atoms with van der Waals surface area (Å²) in [5.41, 5.74) is -0.0507. The van der Waals surface area contributed by atoms with E-state index >= 15 is 0 Å². The van der Waals surface area contributed by atoms with Crippen molar-refractivity contribution in [1.29, 1.82) is 0 Å². The molecule has 1 fully saturated rings. The topological polar surface area (TPSA) is 72.2 Å². The van der Waals surface area contributed by atoms with E-state index in [1.54, 1.807) is 4.68 Å². The molecule has 4 rings (SSSR count). The van der Waals surface area contributed by atoms with Crippen molar-refractivity contribution in [2.24, 2.45) is 5.92 Å². The zero-order chi connectivity index (χ0) is 20.8. The van der Waals surface area contributed by atoms with Crippen LogP contribution in [0.5, 0.6) is 0 Å². The smallest absolute Gasteiger partial charge is 0.297 e. The molecule has 2 aliphatic heterocycles. The van der Waals surface area contributed by atoms with E-state index in [1.807, 2.05) is 20.0 Å². The number of ether oxygens (including phenoxy) is 1. The molecule has 0 aliphatic carbocycles. The van der Waals surface area contributed by atoms with Crippen molar-refractivity contribution in [2.75, 3.05) is 13.2 Å². The molecule has 0 bridgehead atoms. The molecule has 29 heavy (non-hydrogen) atoms. The van der Waals surface area contributed by atoms with Crippen LogP contribution < -0.4 is 5.32 Å². The number of aliphatic hydroxyl groups is 1. The summed E-state index contributed by atoms with van der Waals surface area (Å²) >= 11 is 7.30. The van der Waals surface area contributed by atoms with Gasteiger partial charge in [0.05, 0.1) is 22.3 Å². The molecule has 1 spiro atoms. The summed E-state index contributed by atoms with van der Waals surface area (Å²) in [6.45, 7) is 4.16. The van der Waals surface area contributed by atoms with Crippen LogP contribution in [0.25, 0.3) is 0 Å². The zero-order valence-corrected chi connectivity index (χ0v) is 17.9. The van der Waals surface area contributed by atoms with Gasteiger partial charge in [0.25, 0.3) is 5.92 Å². The Kier molecular flexibility index (Phi) is 5.71. The number of hydrogen-bond acceptors (Lipinski definition) is 6. The molecular formula is C19H25ClF2N4O2S. The number of halogens is 3. The van der Waals surface area contributed by atoms with E-state index in [4.69, 9.17) is 16.3 Å². The molecule has 6 nitrogen and oxygen atoms in total. The molecule has 4 atom stereocenters. The minimum absolute atomic E-state index is 0.00625. The van der Waals surface area contributed by atoms with Crippen LogP contribution in [0.15, 0.2) is 12.3 Å². The summed E-state index contributed by atoms with van der Waals surface area (Å²) in [6, 6.07) is 1.27. The Bertz CT molecular complexity index is 876. The van der Waals surface area contributed by atoms with E-state index in [1.165, 1.54) is 17.4 Å². The van der Waals surface area contributed by atoms with Gasteiger partial charge in [-0.05, 0) is 31.7 Å². The minimum Gasteiger partial charge on any atom is -0.396 e. The Morgan fingerprint density at radius 1 is 1.48 bits per heavy atom. The first-order chi connectivity index (χ1) is 13.7. The lowest BCUT2D eigenvalue weighted by atomic mass is 9.78. The standard InChI is InChI=1S/C19H25ClF2N4O2S/c1-11(9-27)3-4-26-8-15(24-25-26)14-7-18(6-12(2)23-14)17-13(5-16(20)29-17)19(21,22)10-28-18/h5,8,11-12,14,23,27H,3-4,6-7,9-10H2,1-2H3/t11?,12-,14-,18-/m0/s1. The maximum absolute atomic E-state index is 14.4. The van der Waals surface area contributed by atoms with E-state index in [2.05, 4.69) is 15.6 Å². The summed E-state index contributed by atoms with van der Waals surface area (Å²) in [6.07, 6.45) is 3.76. The molecule has 1 saturated heterocycles. The quantitative estimate of drug-likeness (QED) is 0.730. The molecule has 2 aromatic rings. The lowest BCUT2D eigenvalue weighted by molar-refractivity contribution is -0.183. The van der Waals surface area contributed by atoms with E-state index in [0.29, 0.717) is 28.6 Å². The summed E-state index contributed by atoms with van der Waals surface area (Å²) in [4.78, 5) is 0.529. The van der Waals surface area contributed by atoms with Gasteiger partial charge in [0.15, 0.2) is 0 Å². The first-order valence-electron chi connectivity index (χ1n) is 9.81. The minimum atomic E-state index is -3.03. The molecule has 160 valence electrons. The molecule has 2 aliphatic rings. The second-order valence-corrected chi connectivity index (χ2v) is 9.98. The number of aliphatic hydroxyl groups excluding tert-OH is 1. The number of piperidine rings is 1. The van der Waals surface area contributed by atoms with E-state index in [9.17, 15) is 13.9 Å². The summed E-state index contributed by atoms with van der Waals surface area (Å²) in [5, 5.41) is 21.2. The molecule has 0 amide bonds. The lowest BCUT2D eigenvalue weighted by Gasteiger charge is -2.47. The van der Waals surface area contributed by atoms with Crippen molar-refractivity contribution in [3.8, 4) is 0 Å². The molecule has 0 saturated carbocycles. The highest BCUT2D eigenvalue weighted by atomic mass is 35.5. The van der Waals surface area contributed by atoms with Gasteiger partial charge >= 0.3 is 0 Å². The summed E-state index contributed by atoms with van der Waals surface area (Å²) in [7, 11) is 0. The fourth-order valence-electron chi connectivity index (χ4n) is 4.23. The maximum Gasteiger partial charge on any atom is 0.297 e. The van der Waals surface area contributed by atoms with E-state index in [-0.39, 0.29) is 30.2 Å². The highest BCUT2D eigenvalue weighted by Crippen LogP contribution is 2.54. The summed E-state index contributed by atoms with van der Waals surface area (Å²) in [5.74, 6) is -2.83. The Morgan fingerprint density at radius 2 is 2.28 bits per heavy atom. The van der Waals surface area contributed by atoms with Gasteiger partial charge in [0, 0.05) is 36.1 Å². The number of thiophene rings is 1. The molecule has 2 N–H and O–H groups in total. The molecule has 0 aromatic carbocycles. The molecule has 2 aromatic heterocycles. The van der Waals surface area contributed by atoms with Crippen LogP contribution in [-0.2, 0) is 22.8 Å². The van der Waals surface area contributed by atoms with Gasteiger partial charge in [-0.25, -0.2) is 0 Å². The molecule has 0 radical (unpaired) electrons. The van der Waals surface area contributed by atoms with Gasteiger partial charge in [-0.2, -0.15) is 8.78 Å². The van der Waals surface area contributed by atoms with Crippen LogP contribution in [0.3, 0.4) is 0 Å². The zero-order valence-electron chi connectivity index (χ0n) is 16.4. The lowest BCUT2D eigenvalue weighted by Crippen LogP contribution is -2.51. The normalized spacial score (nSPS) is 29.7. The SMILES string of the molecule is CC(CO)CCn1cc([C@@H]2C[C@]3(C[C@H](C)N2)OCC(F)(F)c2cc(Cl)sc23)nn1. The largest absolute Gasteiger partial charge is 0.396 e. The Labute approximate surface area is 177 Å². The summed E-state index contributed by atoms with van der Waals surface area (Å²) < 4.78 is 36.8. The van der Waals surface area contributed by atoms with E-state index < -0.39 is 18.1 Å². The number of fused-ring (bicyclic) bond motifs is 2. The van der Waals surface area contributed by atoms with Crippen LogP contribution >= 0.6 is 22.9 Å². The van der Waals surface area contributed by atoms with Crippen LogP contribution in [0.2, 0.25) is 4.34 Å². The number of rotatable bonds is 5. The third-order valence-electron chi connectivity index (χ3n) is 5.77. The number of nitrogens with one attached hydrogen (secondary N) is 1. The number of aromatic nitrogens is 3. The van der Waals surface area contributed by atoms with Crippen molar-refractivity contribution in [1.82, 2.24) is 20.3 Å². The second kappa shape index (κ2) is 7.85. The number of hydrogen-bond donors (Lipinski definition) is 2. The number of alkyl halides is 2. The highest BCUT2D eigenvalue weighted by molar-refractivity contribution is 7.16. The molecular weight excluding hydrogens is 422 g/mol. The average molecular weight is 447 g/mol. The fraction of sp³-hybridized carbons (Fsp3) is 0.684. The van der Waals surface area contributed by atoms with E-state index in [0.717, 1.165) is 12.1 Å². The van der Waals surface area contributed by atoms with Crippen molar-refractivity contribution in [3.63, 3.8) is 0 Å². The van der Waals surface area contributed by atoms with Gasteiger partial charge in [-0.1, -0.05) is 23.7 Å². The first kappa shape index (κ1) is 21.1. The van der Waals surface area contributed by atoms with Gasteiger partial charge in [-0.15, -0.1) is 16.4 Å². The van der Waals surface area contributed by atoms with Crippen LogP contribution in [0.1, 0.15) is 55.3 Å². The van der Waals surface area contributed by atoms with Crippen molar-refractivity contribution < 1.29 is 18.6 Å². The number of nitrogens with zero attached hydrogens (tertiary/aromatic N) is 3. The predicted octanol–water partition coefficient (Wildman–Crippen LogP) is 3.84. The third-order valence-corrected chi connectivity index (χ3v) is 7.22. The molecule has 4 heterocycles. The van der Waals surface area contributed by atoms with Gasteiger partial charge < -0.3 is 15.2 Å². The van der Waals surface area contributed by atoms with Crippen LogP contribution in [0.4, 0.5) is 8.78 Å². The first-order valence-corrected chi connectivity index (χ1v) is 11.0. The van der Waals surface area contributed by atoms with Gasteiger partial charge in [0.1, 0.15) is 12.2 Å². The molecule has 10 heteroatoms. The highest BCUT2D eigenvalue weighted by Gasteiger charge is 2.53. The molecule has 1 unspecified atom stereocenters. The van der Waals surface area contributed by atoms with Gasteiger partial charge in [-0.3, -0.25) is 4.68 Å². The van der Waals surface area contributed by atoms with Crippen molar-refractivity contribution in [2.45, 2.75) is 63.3 Å².